The number of rotatable bonds is 5. The lowest BCUT2D eigenvalue weighted by Gasteiger charge is -2.22. The molecule has 164 valence electrons. The van der Waals surface area contributed by atoms with Gasteiger partial charge in [-0.1, -0.05) is 48.5 Å². The van der Waals surface area contributed by atoms with Crippen LogP contribution in [0, 0.1) is 0 Å². The van der Waals surface area contributed by atoms with E-state index in [2.05, 4.69) is 17.4 Å². The quantitative estimate of drug-likeness (QED) is 0.336. The van der Waals surface area contributed by atoms with Crippen LogP contribution in [0.15, 0.2) is 91.0 Å². The molecule has 0 unspecified atom stereocenters. The third kappa shape index (κ3) is 4.33. The van der Waals surface area contributed by atoms with Crippen LogP contribution in [0.1, 0.15) is 50.5 Å². The van der Waals surface area contributed by atoms with Crippen LogP contribution >= 0.6 is 0 Å². The summed E-state index contributed by atoms with van der Waals surface area (Å²) in [5.74, 6) is -0.0315. The van der Waals surface area contributed by atoms with Crippen molar-refractivity contribution >= 4 is 11.6 Å². The predicted octanol–water partition coefficient (Wildman–Crippen LogP) is 6.02. The van der Waals surface area contributed by atoms with Crippen molar-refractivity contribution < 1.29 is 15.0 Å². The normalized spacial score (nSPS) is 12.5. The first-order valence-electron chi connectivity index (χ1n) is 11.2. The number of phenols is 2. The van der Waals surface area contributed by atoms with Crippen LogP contribution in [0.3, 0.4) is 0 Å². The number of anilines is 1. The van der Waals surface area contributed by atoms with E-state index in [0.717, 1.165) is 41.6 Å². The Hall–Kier alpha value is -4.05. The monoisotopic (exact) mass is 435 g/mol. The fraction of sp³-hybridized carbons (Fsp3) is 0.138. The predicted molar refractivity (Wildman–Crippen MR) is 130 cm³/mol. The maximum absolute atomic E-state index is 13.4. The summed E-state index contributed by atoms with van der Waals surface area (Å²) in [6.07, 6.45) is 3.32. The summed E-state index contributed by atoms with van der Waals surface area (Å²) in [6.45, 7) is 0. The Morgan fingerprint density at radius 1 is 0.727 bits per heavy atom. The Bertz CT molecular complexity index is 1250. The number of hydrogen-bond acceptors (Lipinski definition) is 3. The van der Waals surface area contributed by atoms with Crippen molar-refractivity contribution in [3.63, 3.8) is 0 Å². The van der Waals surface area contributed by atoms with Crippen LogP contribution in [-0.2, 0) is 12.8 Å². The molecule has 4 nitrogen and oxygen atoms in total. The molecular formula is C29H25NO3. The standard InChI is InChI=1S/C29H25NO3/c31-24-14-9-20(10-15-24)28(21-11-16-25(32)17-12-21)26-6-1-2-7-27(26)29(33)30-23-13-8-19-4-3-5-22(19)18-23/h1-2,6-18,28,31-32H,3-5H2,(H,30,33). The molecule has 0 atom stereocenters. The van der Waals surface area contributed by atoms with E-state index in [9.17, 15) is 15.0 Å². The van der Waals surface area contributed by atoms with E-state index in [-0.39, 0.29) is 23.3 Å². The topological polar surface area (TPSA) is 69.6 Å². The van der Waals surface area contributed by atoms with Crippen molar-refractivity contribution in [2.24, 2.45) is 0 Å². The average molecular weight is 436 g/mol. The summed E-state index contributed by atoms with van der Waals surface area (Å²) < 4.78 is 0. The van der Waals surface area contributed by atoms with Crippen LogP contribution in [0.5, 0.6) is 11.5 Å². The first-order valence-corrected chi connectivity index (χ1v) is 11.2. The second kappa shape index (κ2) is 8.83. The smallest absolute Gasteiger partial charge is 0.255 e. The fourth-order valence-electron chi connectivity index (χ4n) is 4.69. The molecule has 0 fully saturated rings. The molecule has 1 amide bonds. The number of fused-ring (bicyclic) bond motifs is 1. The fourth-order valence-corrected chi connectivity index (χ4v) is 4.69. The molecule has 1 aliphatic carbocycles. The molecule has 4 aromatic carbocycles. The highest BCUT2D eigenvalue weighted by Crippen LogP contribution is 2.36. The zero-order chi connectivity index (χ0) is 22.8. The van der Waals surface area contributed by atoms with Crippen LogP contribution in [0.25, 0.3) is 0 Å². The van der Waals surface area contributed by atoms with E-state index in [1.807, 2.05) is 54.6 Å². The molecule has 33 heavy (non-hydrogen) atoms. The molecule has 0 heterocycles. The highest BCUT2D eigenvalue weighted by molar-refractivity contribution is 6.05. The molecule has 0 aromatic heterocycles. The van der Waals surface area contributed by atoms with Gasteiger partial charge in [-0.25, -0.2) is 0 Å². The van der Waals surface area contributed by atoms with Crippen LogP contribution < -0.4 is 5.32 Å². The zero-order valence-corrected chi connectivity index (χ0v) is 18.2. The Morgan fingerprint density at radius 3 is 2.00 bits per heavy atom. The number of phenolic OH excluding ortho intramolecular Hbond substituents is 2. The highest BCUT2D eigenvalue weighted by Gasteiger charge is 2.23. The highest BCUT2D eigenvalue weighted by atomic mass is 16.3. The molecule has 0 spiro atoms. The van der Waals surface area contributed by atoms with Gasteiger partial charge >= 0.3 is 0 Å². The third-order valence-electron chi connectivity index (χ3n) is 6.33. The summed E-state index contributed by atoms with van der Waals surface area (Å²) in [5, 5.41) is 22.7. The van der Waals surface area contributed by atoms with Gasteiger partial charge in [0, 0.05) is 17.2 Å². The summed E-state index contributed by atoms with van der Waals surface area (Å²) in [5.41, 5.74) is 6.81. The van der Waals surface area contributed by atoms with Gasteiger partial charge in [-0.3, -0.25) is 4.79 Å². The van der Waals surface area contributed by atoms with E-state index in [4.69, 9.17) is 0 Å². The van der Waals surface area contributed by atoms with E-state index < -0.39 is 0 Å². The molecule has 4 heteroatoms. The number of hydrogen-bond donors (Lipinski definition) is 3. The van der Waals surface area contributed by atoms with E-state index in [0.29, 0.717) is 5.56 Å². The van der Waals surface area contributed by atoms with Gasteiger partial charge < -0.3 is 15.5 Å². The minimum Gasteiger partial charge on any atom is -0.508 e. The van der Waals surface area contributed by atoms with Gasteiger partial charge in [-0.05, 0) is 89.5 Å². The summed E-state index contributed by atoms with van der Waals surface area (Å²) in [4.78, 5) is 13.4. The van der Waals surface area contributed by atoms with Crippen LogP contribution in [-0.4, -0.2) is 16.1 Å². The van der Waals surface area contributed by atoms with Crippen molar-refractivity contribution in [1.29, 1.82) is 0 Å². The molecule has 0 saturated heterocycles. The first-order chi connectivity index (χ1) is 16.1. The van der Waals surface area contributed by atoms with Gasteiger partial charge in [0.05, 0.1) is 0 Å². The van der Waals surface area contributed by atoms with Gasteiger partial charge in [-0.2, -0.15) is 0 Å². The molecule has 0 radical (unpaired) electrons. The van der Waals surface area contributed by atoms with E-state index in [1.165, 1.54) is 11.1 Å². The van der Waals surface area contributed by atoms with Crippen molar-refractivity contribution in [3.05, 3.63) is 124 Å². The molecule has 1 aliphatic rings. The first kappa shape index (κ1) is 20.8. The van der Waals surface area contributed by atoms with Gasteiger partial charge in [-0.15, -0.1) is 0 Å². The lowest BCUT2D eigenvalue weighted by Crippen LogP contribution is -2.17. The Morgan fingerprint density at radius 2 is 1.33 bits per heavy atom. The van der Waals surface area contributed by atoms with Gasteiger partial charge in [0.25, 0.3) is 5.91 Å². The van der Waals surface area contributed by atoms with Crippen molar-refractivity contribution in [3.8, 4) is 11.5 Å². The Balaban J connectivity index is 1.54. The molecule has 0 aliphatic heterocycles. The minimum atomic E-state index is -0.242. The van der Waals surface area contributed by atoms with Gasteiger partial charge in [0.15, 0.2) is 0 Å². The largest absolute Gasteiger partial charge is 0.508 e. The second-order valence-corrected chi connectivity index (χ2v) is 8.49. The lowest BCUT2D eigenvalue weighted by atomic mass is 9.82. The maximum Gasteiger partial charge on any atom is 0.255 e. The number of carbonyl (C=O) groups excluding carboxylic acids is 1. The molecule has 5 rings (SSSR count). The maximum atomic E-state index is 13.4. The number of aromatic hydroxyl groups is 2. The zero-order valence-electron chi connectivity index (χ0n) is 18.2. The van der Waals surface area contributed by atoms with Crippen molar-refractivity contribution in [2.75, 3.05) is 5.32 Å². The summed E-state index contributed by atoms with van der Waals surface area (Å²) in [6, 6.07) is 27.8. The van der Waals surface area contributed by atoms with Crippen LogP contribution in [0.4, 0.5) is 5.69 Å². The van der Waals surface area contributed by atoms with Crippen molar-refractivity contribution in [1.82, 2.24) is 0 Å². The van der Waals surface area contributed by atoms with Gasteiger partial charge in [0.1, 0.15) is 11.5 Å². The minimum absolute atomic E-state index is 0.161. The molecule has 0 bridgehead atoms. The lowest BCUT2D eigenvalue weighted by molar-refractivity contribution is 0.102. The Kier molecular flexibility index (Phi) is 5.57. The third-order valence-corrected chi connectivity index (χ3v) is 6.33. The van der Waals surface area contributed by atoms with Crippen LogP contribution in [0.2, 0.25) is 0 Å². The molecule has 0 saturated carbocycles. The number of amides is 1. The average Bonchev–Trinajstić information content (AvgIpc) is 3.30. The number of benzene rings is 4. The second-order valence-electron chi connectivity index (χ2n) is 8.49. The van der Waals surface area contributed by atoms with Crippen molar-refractivity contribution in [2.45, 2.75) is 25.2 Å². The number of aryl methyl sites for hydroxylation is 2. The number of nitrogens with one attached hydrogen (secondary N) is 1. The molecule has 4 aromatic rings. The summed E-state index contributed by atoms with van der Waals surface area (Å²) in [7, 11) is 0. The summed E-state index contributed by atoms with van der Waals surface area (Å²) >= 11 is 0. The SMILES string of the molecule is O=C(Nc1ccc2c(c1)CCC2)c1ccccc1C(c1ccc(O)cc1)c1ccc(O)cc1. The van der Waals surface area contributed by atoms with E-state index in [1.54, 1.807) is 24.3 Å². The van der Waals surface area contributed by atoms with Gasteiger partial charge in [0.2, 0.25) is 0 Å². The number of carbonyl (C=O) groups is 1. The molecule has 3 N–H and O–H groups in total. The Labute approximate surface area is 193 Å². The van der Waals surface area contributed by atoms with E-state index >= 15 is 0 Å². The molecular weight excluding hydrogens is 410 g/mol.